The molecule has 0 aliphatic carbocycles. The molecule has 2 N–H and O–H groups in total. The zero-order valence-electron chi connectivity index (χ0n) is 12.1. The first-order valence-electron chi connectivity index (χ1n) is 6.39. The Bertz CT molecular complexity index is 615. The maximum absolute atomic E-state index is 5.67. The Morgan fingerprint density at radius 2 is 1.95 bits per heavy atom. The lowest BCUT2D eigenvalue weighted by Gasteiger charge is -2.14. The smallest absolute Gasteiger partial charge is 0.292 e. The zero-order chi connectivity index (χ0) is 14.2. The van der Waals surface area contributed by atoms with E-state index in [1.807, 2.05) is 13.8 Å². The number of benzene rings is 1. The molecule has 2 aromatic rings. The largest absolute Gasteiger partial charge is 0.496 e. The van der Waals surface area contributed by atoms with Crippen molar-refractivity contribution in [3.05, 3.63) is 28.5 Å². The van der Waals surface area contributed by atoms with Crippen LogP contribution in [-0.4, -0.2) is 12.1 Å². The fourth-order valence-electron chi connectivity index (χ4n) is 2.44. The number of methoxy groups -OCH3 is 1. The summed E-state index contributed by atoms with van der Waals surface area (Å²) in [6, 6.07) is 2.30. The summed E-state index contributed by atoms with van der Waals surface area (Å²) in [4.78, 5) is 4.32. The fourth-order valence-corrected chi connectivity index (χ4v) is 2.44. The van der Waals surface area contributed by atoms with Gasteiger partial charge >= 0.3 is 0 Å². The highest BCUT2D eigenvalue weighted by Crippen LogP contribution is 2.35. The molecule has 0 aliphatic rings. The monoisotopic (exact) mass is 260 g/mol. The van der Waals surface area contributed by atoms with E-state index in [0.717, 1.165) is 45.9 Å². The topological polar surface area (TPSA) is 61.3 Å². The summed E-state index contributed by atoms with van der Waals surface area (Å²) in [5.74, 6) is 1.75. The van der Waals surface area contributed by atoms with Crippen molar-refractivity contribution >= 4 is 6.01 Å². The second-order valence-electron chi connectivity index (χ2n) is 4.70. The Balaban J connectivity index is 2.69. The molecule has 4 nitrogen and oxygen atoms in total. The molecule has 0 fully saturated rings. The van der Waals surface area contributed by atoms with Crippen molar-refractivity contribution < 1.29 is 9.15 Å². The minimum Gasteiger partial charge on any atom is -0.496 e. The third kappa shape index (κ3) is 2.18. The van der Waals surface area contributed by atoms with E-state index in [2.05, 4.69) is 24.9 Å². The Kier molecular flexibility index (Phi) is 3.51. The molecule has 0 amide bonds. The first-order valence-corrected chi connectivity index (χ1v) is 6.39. The van der Waals surface area contributed by atoms with Crippen LogP contribution in [0.15, 0.2) is 10.5 Å². The lowest BCUT2D eigenvalue weighted by Crippen LogP contribution is -1.98. The molecule has 0 unspecified atom stereocenters. The molecule has 0 aliphatic heterocycles. The van der Waals surface area contributed by atoms with Gasteiger partial charge in [-0.1, -0.05) is 6.92 Å². The van der Waals surface area contributed by atoms with Crippen molar-refractivity contribution in [1.82, 2.24) is 4.98 Å². The number of nitrogens with two attached hydrogens (primary N) is 1. The van der Waals surface area contributed by atoms with Crippen LogP contribution in [0.2, 0.25) is 0 Å². The van der Waals surface area contributed by atoms with Crippen molar-refractivity contribution in [3.8, 4) is 17.0 Å². The predicted octanol–water partition coefficient (Wildman–Crippen LogP) is 3.42. The first kappa shape index (κ1) is 13.5. The average molecular weight is 260 g/mol. The van der Waals surface area contributed by atoms with Crippen molar-refractivity contribution in [3.63, 3.8) is 0 Å². The lowest BCUT2D eigenvalue weighted by molar-refractivity contribution is 0.408. The SMILES string of the molecule is CCc1oc(N)nc1-c1cc(C)c(OC)c(C)c1C. The first-order chi connectivity index (χ1) is 8.99. The lowest BCUT2D eigenvalue weighted by atomic mass is 9.95. The highest BCUT2D eigenvalue weighted by atomic mass is 16.5. The van der Waals surface area contributed by atoms with E-state index in [1.54, 1.807) is 7.11 Å². The number of nitrogens with zero attached hydrogens (tertiary/aromatic N) is 1. The number of hydrogen-bond donors (Lipinski definition) is 1. The molecule has 0 spiro atoms. The summed E-state index contributed by atoms with van der Waals surface area (Å²) >= 11 is 0. The number of aryl methyl sites for hydroxylation is 2. The zero-order valence-corrected chi connectivity index (χ0v) is 12.1. The van der Waals surface area contributed by atoms with Crippen LogP contribution < -0.4 is 10.5 Å². The van der Waals surface area contributed by atoms with E-state index in [-0.39, 0.29) is 6.01 Å². The quantitative estimate of drug-likeness (QED) is 0.918. The average Bonchev–Trinajstić information content (AvgIpc) is 2.75. The number of aromatic nitrogens is 1. The maximum atomic E-state index is 5.67. The molecular formula is C15H20N2O2. The summed E-state index contributed by atoms with van der Waals surface area (Å²) in [6.45, 7) is 8.18. The van der Waals surface area contributed by atoms with Crippen LogP contribution in [0.5, 0.6) is 5.75 Å². The molecule has 0 saturated heterocycles. The summed E-state index contributed by atoms with van der Waals surface area (Å²) in [7, 11) is 1.69. The molecular weight excluding hydrogens is 240 g/mol. The minimum absolute atomic E-state index is 0.220. The summed E-state index contributed by atoms with van der Waals surface area (Å²) in [5, 5.41) is 0. The molecule has 0 atom stereocenters. The van der Waals surface area contributed by atoms with Gasteiger partial charge in [0.2, 0.25) is 0 Å². The Hall–Kier alpha value is -1.97. The Labute approximate surface area is 113 Å². The van der Waals surface area contributed by atoms with Gasteiger partial charge in [-0.15, -0.1) is 0 Å². The normalized spacial score (nSPS) is 10.8. The van der Waals surface area contributed by atoms with E-state index in [0.29, 0.717) is 0 Å². The molecule has 2 rings (SSSR count). The van der Waals surface area contributed by atoms with Crippen LogP contribution in [0.4, 0.5) is 6.01 Å². The Morgan fingerprint density at radius 1 is 1.26 bits per heavy atom. The van der Waals surface area contributed by atoms with E-state index in [9.17, 15) is 0 Å². The predicted molar refractivity (Wildman–Crippen MR) is 76.5 cm³/mol. The van der Waals surface area contributed by atoms with Crippen molar-refractivity contribution in [2.45, 2.75) is 34.1 Å². The van der Waals surface area contributed by atoms with Crippen LogP contribution in [0.25, 0.3) is 11.3 Å². The van der Waals surface area contributed by atoms with Gasteiger partial charge in [0.05, 0.1) is 7.11 Å². The van der Waals surface area contributed by atoms with E-state index >= 15 is 0 Å². The van der Waals surface area contributed by atoms with Gasteiger partial charge in [0, 0.05) is 12.0 Å². The van der Waals surface area contributed by atoms with Crippen LogP contribution >= 0.6 is 0 Å². The van der Waals surface area contributed by atoms with Gasteiger partial charge in [-0.25, -0.2) is 0 Å². The molecule has 102 valence electrons. The number of ether oxygens (including phenoxy) is 1. The molecule has 1 aromatic heterocycles. The van der Waals surface area contributed by atoms with Gasteiger partial charge in [-0.3, -0.25) is 0 Å². The van der Waals surface area contributed by atoms with Gasteiger partial charge < -0.3 is 14.9 Å². The maximum Gasteiger partial charge on any atom is 0.292 e. The molecule has 4 heteroatoms. The van der Waals surface area contributed by atoms with Gasteiger partial charge in [-0.05, 0) is 43.5 Å². The number of anilines is 1. The van der Waals surface area contributed by atoms with Gasteiger partial charge in [0.25, 0.3) is 6.01 Å². The third-order valence-electron chi connectivity index (χ3n) is 3.52. The molecule has 1 aromatic carbocycles. The second kappa shape index (κ2) is 4.96. The second-order valence-corrected chi connectivity index (χ2v) is 4.70. The molecule has 19 heavy (non-hydrogen) atoms. The standard InChI is InChI=1S/C15H20N2O2/c1-6-12-13(17-15(16)19-12)11-7-8(2)14(18-5)10(4)9(11)3/h7H,6H2,1-5H3,(H2,16,17). The van der Waals surface area contributed by atoms with Crippen molar-refractivity contribution in [2.24, 2.45) is 0 Å². The summed E-state index contributed by atoms with van der Waals surface area (Å²) < 4.78 is 10.9. The Morgan fingerprint density at radius 3 is 2.53 bits per heavy atom. The van der Waals surface area contributed by atoms with Crippen molar-refractivity contribution in [2.75, 3.05) is 12.8 Å². The number of oxazole rings is 1. The van der Waals surface area contributed by atoms with Gasteiger partial charge in [-0.2, -0.15) is 4.98 Å². The van der Waals surface area contributed by atoms with Crippen molar-refractivity contribution in [1.29, 1.82) is 0 Å². The summed E-state index contributed by atoms with van der Waals surface area (Å²) in [5.41, 5.74) is 10.9. The van der Waals surface area contributed by atoms with Crippen LogP contribution in [0, 0.1) is 20.8 Å². The van der Waals surface area contributed by atoms with E-state index in [1.165, 1.54) is 0 Å². The van der Waals surface area contributed by atoms with E-state index in [4.69, 9.17) is 14.9 Å². The number of nitrogen functional groups attached to an aromatic ring is 1. The molecule has 0 radical (unpaired) electrons. The fraction of sp³-hybridized carbons (Fsp3) is 0.400. The highest BCUT2D eigenvalue weighted by Gasteiger charge is 2.18. The minimum atomic E-state index is 0.220. The van der Waals surface area contributed by atoms with Crippen LogP contribution in [0.1, 0.15) is 29.4 Å². The van der Waals surface area contributed by atoms with Gasteiger partial charge in [0.1, 0.15) is 17.2 Å². The third-order valence-corrected chi connectivity index (χ3v) is 3.52. The molecule has 0 bridgehead atoms. The number of rotatable bonds is 3. The molecule has 0 saturated carbocycles. The van der Waals surface area contributed by atoms with Gasteiger partial charge in [0.15, 0.2) is 0 Å². The van der Waals surface area contributed by atoms with E-state index < -0.39 is 0 Å². The highest BCUT2D eigenvalue weighted by molar-refractivity contribution is 5.71. The van der Waals surface area contributed by atoms with Crippen LogP contribution in [-0.2, 0) is 6.42 Å². The molecule has 1 heterocycles. The number of hydrogen-bond acceptors (Lipinski definition) is 4. The van der Waals surface area contributed by atoms with Crippen LogP contribution in [0.3, 0.4) is 0 Å². The summed E-state index contributed by atoms with van der Waals surface area (Å²) in [6.07, 6.45) is 0.767.